The first-order valence-corrected chi connectivity index (χ1v) is 9.18. The van der Waals surface area contributed by atoms with Gasteiger partial charge >= 0.3 is 0 Å². The van der Waals surface area contributed by atoms with Crippen LogP contribution >= 0.6 is 0 Å². The van der Waals surface area contributed by atoms with Gasteiger partial charge in [0.15, 0.2) is 0 Å². The Balaban J connectivity index is 1.89. The quantitative estimate of drug-likeness (QED) is 0.887. The molecule has 138 valence electrons. The first kappa shape index (κ1) is 17.5. The van der Waals surface area contributed by atoms with Gasteiger partial charge in [0.25, 0.3) is 0 Å². The normalized spacial score (nSPS) is 16.0. The zero-order valence-corrected chi connectivity index (χ0v) is 15.5. The van der Waals surface area contributed by atoms with Gasteiger partial charge in [0.1, 0.15) is 23.3 Å². The van der Waals surface area contributed by atoms with Crippen molar-refractivity contribution in [3.8, 4) is 17.2 Å². The van der Waals surface area contributed by atoms with Crippen molar-refractivity contribution in [3.63, 3.8) is 0 Å². The molecule has 27 heavy (non-hydrogen) atoms. The Morgan fingerprint density at radius 1 is 1.33 bits per heavy atom. The summed E-state index contributed by atoms with van der Waals surface area (Å²) < 4.78 is 14.1. The number of carbonyl (C=O) groups excluding carboxylic acids is 1. The minimum atomic E-state index is -0.251. The topological polar surface area (TPSA) is 83.0 Å². The van der Waals surface area contributed by atoms with Crippen LogP contribution in [0.2, 0.25) is 0 Å². The zero-order chi connectivity index (χ0) is 19.3. The van der Waals surface area contributed by atoms with Crippen LogP contribution in [0.3, 0.4) is 0 Å². The highest BCUT2D eigenvalue weighted by molar-refractivity contribution is 5.83. The molecule has 4 rings (SSSR count). The monoisotopic (exact) mass is 364 g/mol. The highest BCUT2D eigenvalue weighted by atomic mass is 19.1. The van der Waals surface area contributed by atoms with E-state index < -0.39 is 0 Å². The average molecular weight is 364 g/mol. The number of halogens is 1. The third kappa shape index (κ3) is 2.93. The largest absolute Gasteiger partial charge is 0.383 e. The SMILES string of the molecule is Cc1cc(-c2c(C#N)c(N)nc3c2CN(C(=O)C2CC2)CC3)cc(C)c1F. The number of anilines is 1. The number of amides is 1. The summed E-state index contributed by atoms with van der Waals surface area (Å²) in [6.45, 7) is 4.44. The lowest BCUT2D eigenvalue weighted by atomic mass is 9.89. The number of nitrogens with two attached hydrogens (primary N) is 1. The van der Waals surface area contributed by atoms with Crippen molar-refractivity contribution in [3.05, 3.63) is 45.9 Å². The fourth-order valence-corrected chi connectivity index (χ4v) is 3.88. The molecule has 2 aliphatic rings. The maximum atomic E-state index is 14.1. The van der Waals surface area contributed by atoms with Gasteiger partial charge in [-0.15, -0.1) is 0 Å². The lowest BCUT2D eigenvalue weighted by Gasteiger charge is -2.31. The van der Waals surface area contributed by atoms with E-state index in [2.05, 4.69) is 11.1 Å². The minimum Gasteiger partial charge on any atom is -0.383 e. The Labute approximate surface area is 157 Å². The molecule has 0 spiro atoms. The van der Waals surface area contributed by atoms with Gasteiger partial charge in [0.05, 0.1) is 5.69 Å². The number of nitrogen functional groups attached to an aromatic ring is 1. The maximum absolute atomic E-state index is 14.1. The molecular weight excluding hydrogens is 343 g/mol. The van der Waals surface area contributed by atoms with Crippen LogP contribution in [-0.4, -0.2) is 22.3 Å². The second-order valence-corrected chi connectivity index (χ2v) is 7.49. The molecule has 1 aromatic heterocycles. The second kappa shape index (κ2) is 6.34. The van der Waals surface area contributed by atoms with Gasteiger partial charge < -0.3 is 10.6 Å². The smallest absolute Gasteiger partial charge is 0.225 e. The van der Waals surface area contributed by atoms with Crippen molar-refractivity contribution >= 4 is 11.7 Å². The van der Waals surface area contributed by atoms with Crippen molar-refractivity contribution in [2.75, 3.05) is 12.3 Å². The van der Waals surface area contributed by atoms with Gasteiger partial charge in [-0.2, -0.15) is 5.26 Å². The maximum Gasteiger partial charge on any atom is 0.225 e. The second-order valence-electron chi connectivity index (χ2n) is 7.49. The van der Waals surface area contributed by atoms with Crippen LogP contribution in [0.15, 0.2) is 12.1 Å². The molecule has 1 aliphatic heterocycles. The molecule has 0 atom stereocenters. The number of hydrogen-bond acceptors (Lipinski definition) is 4. The number of nitrogens with zero attached hydrogens (tertiary/aromatic N) is 3. The van der Waals surface area contributed by atoms with Crippen molar-refractivity contribution in [2.45, 2.75) is 39.7 Å². The molecule has 0 bridgehead atoms. The Bertz CT molecular complexity index is 981. The van der Waals surface area contributed by atoms with Crippen LogP contribution in [0.1, 0.15) is 40.8 Å². The van der Waals surface area contributed by atoms with Crippen LogP contribution in [-0.2, 0) is 17.8 Å². The Morgan fingerprint density at radius 3 is 2.59 bits per heavy atom. The number of aryl methyl sites for hydroxylation is 2. The van der Waals surface area contributed by atoms with Crippen molar-refractivity contribution < 1.29 is 9.18 Å². The molecule has 0 unspecified atom stereocenters. The molecular formula is C21H21FN4O. The molecule has 5 nitrogen and oxygen atoms in total. The number of nitriles is 1. The number of carbonyl (C=O) groups is 1. The van der Waals surface area contributed by atoms with E-state index in [0.29, 0.717) is 41.8 Å². The molecule has 6 heteroatoms. The Morgan fingerprint density at radius 2 is 2.00 bits per heavy atom. The standard InChI is InChI=1S/C21H21FN4O/c1-11-7-14(8-12(2)19(11)22)18-15(9-23)20(24)25-17-5-6-26(10-16(17)18)21(27)13-3-4-13/h7-8,13H,3-6,10H2,1-2H3,(H2,24,25). The summed E-state index contributed by atoms with van der Waals surface area (Å²) in [7, 11) is 0. The van der Waals surface area contributed by atoms with Gasteiger partial charge in [0, 0.05) is 36.6 Å². The summed E-state index contributed by atoms with van der Waals surface area (Å²) in [6.07, 6.45) is 2.51. The molecule has 1 aliphatic carbocycles. The average Bonchev–Trinajstić information content (AvgIpc) is 3.49. The summed E-state index contributed by atoms with van der Waals surface area (Å²) in [5.74, 6) is 0.252. The lowest BCUT2D eigenvalue weighted by molar-refractivity contribution is -0.133. The predicted octanol–water partition coefficient (Wildman–Crippen LogP) is 3.25. The molecule has 1 saturated carbocycles. The molecule has 0 saturated heterocycles. The van der Waals surface area contributed by atoms with E-state index in [1.807, 2.05) is 4.90 Å². The summed E-state index contributed by atoms with van der Waals surface area (Å²) in [6, 6.07) is 5.63. The fraction of sp³-hybridized carbons (Fsp3) is 0.381. The first-order chi connectivity index (χ1) is 12.9. The van der Waals surface area contributed by atoms with Gasteiger partial charge in [-0.05, 0) is 55.5 Å². The van der Waals surface area contributed by atoms with Crippen molar-refractivity contribution in [2.24, 2.45) is 5.92 Å². The first-order valence-electron chi connectivity index (χ1n) is 9.18. The highest BCUT2D eigenvalue weighted by Crippen LogP contribution is 2.38. The summed E-state index contributed by atoms with van der Waals surface area (Å²) >= 11 is 0. The van der Waals surface area contributed by atoms with Crippen LogP contribution in [0.5, 0.6) is 0 Å². The fourth-order valence-electron chi connectivity index (χ4n) is 3.88. The van der Waals surface area contributed by atoms with Gasteiger partial charge in [0.2, 0.25) is 5.91 Å². The van der Waals surface area contributed by atoms with Crippen LogP contribution in [0.25, 0.3) is 11.1 Å². The Hall–Kier alpha value is -2.94. The van der Waals surface area contributed by atoms with Crippen LogP contribution in [0, 0.1) is 36.9 Å². The third-order valence-corrected chi connectivity index (χ3v) is 5.45. The van der Waals surface area contributed by atoms with Crippen molar-refractivity contribution in [1.29, 1.82) is 5.26 Å². The van der Waals surface area contributed by atoms with Crippen LogP contribution < -0.4 is 5.73 Å². The van der Waals surface area contributed by atoms with Gasteiger partial charge in [-0.3, -0.25) is 4.79 Å². The van der Waals surface area contributed by atoms with E-state index in [1.165, 1.54) is 0 Å². The van der Waals surface area contributed by atoms with Gasteiger partial charge in [-0.1, -0.05) is 0 Å². The van der Waals surface area contributed by atoms with Gasteiger partial charge in [-0.25, -0.2) is 9.37 Å². The number of rotatable bonds is 2. The number of hydrogen-bond donors (Lipinski definition) is 1. The van der Waals surface area contributed by atoms with Crippen LogP contribution in [0.4, 0.5) is 10.2 Å². The predicted molar refractivity (Wildman–Crippen MR) is 100 cm³/mol. The minimum absolute atomic E-state index is 0.141. The van der Waals surface area contributed by atoms with E-state index in [-0.39, 0.29) is 23.5 Å². The summed E-state index contributed by atoms with van der Waals surface area (Å²) in [5, 5.41) is 9.70. The summed E-state index contributed by atoms with van der Waals surface area (Å²) in [5.41, 5.74) is 10.5. The highest BCUT2D eigenvalue weighted by Gasteiger charge is 2.36. The number of benzene rings is 1. The van der Waals surface area contributed by atoms with E-state index in [4.69, 9.17) is 5.73 Å². The number of aromatic nitrogens is 1. The molecule has 1 aromatic carbocycles. The summed E-state index contributed by atoms with van der Waals surface area (Å²) in [4.78, 5) is 18.8. The van der Waals surface area contributed by atoms with Crippen molar-refractivity contribution in [1.82, 2.24) is 9.88 Å². The Kier molecular flexibility index (Phi) is 4.11. The molecule has 2 aromatic rings. The van der Waals surface area contributed by atoms with E-state index >= 15 is 0 Å². The molecule has 0 radical (unpaired) electrons. The molecule has 1 amide bonds. The van der Waals surface area contributed by atoms with E-state index in [0.717, 1.165) is 29.7 Å². The number of fused-ring (bicyclic) bond motifs is 1. The molecule has 2 N–H and O–H groups in total. The molecule has 1 fully saturated rings. The third-order valence-electron chi connectivity index (χ3n) is 5.45. The molecule has 2 heterocycles. The van der Waals surface area contributed by atoms with E-state index in [1.54, 1.807) is 26.0 Å². The van der Waals surface area contributed by atoms with E-state index in [9.17, 15) is 14.4 Å². The number of pyridine rings is 1. The lowest BCUT2D eigenvalue weighted by Crippen LogP contribution is -2.37. The zero-order valence-electron chi connectivity index (χ0n) is 15.5.